The maximum Gasteiger partial charge on any atom is 0.230 e. The molecule has 0 bridgehead atoms. The topological polar surface area (TPSA) is 91.2 Å². The third-order valence-corrected chi connectivity index (χ3v) is 4.21. The lowest BCUT2D eigenvalue weighted by molar-refractivity contribution is -0.119. The molecule has 0 aliphatic carbocycles. The highest BCUT2D eigenvalue weighted by atomic mass is 32.2. The van der Waals surface area contributed by atoms with Gasteiger partial charge >= 0.3 is 0 Å². The maximum atomic E-state index is 12.1. The van der Waals surface area contributed by atoms with Crippen molar-refractivity contribution in [2.24, 2.45) is 7.05 Å². The Kier molecular flexibility index (Phi) is 5.80. The van der Waals surface area contributed by atoms with Crippen LogP contribution in [-0.4, -0.2) is 46.1 Å². The van der Waals surface area contributed by atoms with Gasteiger partial charge in [-0.05, 0) is 35.5 Å². The fourth-order valence-electron chi connectivity index (χ4n) is 2.01. The number of benzene rings is 1. The Balaban J connectivity index is 1.99. The Morgan fingerprint density at radius 2 is 2.17 bits per heavy atom. The molecule has 2 aromatic rings. The number of hydrogen-bond acceptors (Lipinski definition) is 7. The highest BCUT2D eigenvalue weighted by Crippen LogP contribution is 2.29. The van der Waals surface area contributed by atoms with E-state index in [1.54, 1.807) is 21.3 Å². The molecule has 1 atom stereocenters. The van der Waals surface area contributed by atoms with Crippen molar-refractivity contribution in [2.75, 3.05) is 20.0 Å². The number of carbonyl (C=O) groups excluding carboxylic acids is 1. The second-order valence-corrected chi connectivity index (χ2v) is 5.71. The van der Waals surface area contributed by atoms with E-state index < -0.39 is 0 Å². The summed E-state index contributed by atoms with van der Waals surface area (Å²) >= 11 is 1.28. The molecule has 1 N–H and O–H groups in total. The molecule has 9 heteroatoms. The predicted molar refractivity (Wildman–Crippen MR) is 85.6 cm³/mol. The summed E-state index contributed by atoms with van der Waals surface area (Å²) in [5.74, 6) is 1.52. The minimum absolute atomic E-state index is 0.115. The summed E-state index contributed by atoms with van der Waals surface area (Å²) in [6.07, 6.45) is 0. The van der Waals surface area contributed by atoms with Gasteiger partial charge in [-0.15, -0.1) is 5.10 Å². The SMILES string of the molecule is COc1ccc(OC)c(C(C)NC(=O)CSc2nnnn2C)c1. The van der Waals surface area contributed by atoms with E-state index in [0.717, 1.165) is 5.56 Å². The number of rotatable bonds is 7. The van der Waals surface area contributed by atoms with Crippen molar-refractivity contribution in [3.05, 3.63) is 23.8 Å². The number of amides is 1. The summed E-state index contributed by atoms with van der Waals surface area (Å²) in [5, 5.41) is 14.6. The standard InChI is InChI=1S/C14H19N5O3S/c1-9(11-7-10(21-3)5-6-12(11)22-4)15-13(20)8-23-14-16-17-18-19(14)2/h5-7,9H,8H2,1-4H3,(H,15,20). The Morgan fingerprint density at radius 3 is 2.78 bits per heavy atom. The average Bonchev–Trinajstić information content (AvgIpc) is 2.97. The normalized spacial score (nSPS) is 11.8. The molecular formula is C14H19N5O3S. The lowest BCUT2D eigenvalue weighted by Gasteiger charge is -2.18. The van der Waals surface area contributed by atoms with Gasteiger partial charge in [-0.1, -0.05) is 11.8 Å². The van der Waals surface area contributed by atoms with Crippen molar-refractivity contribution < 1.29 is 14.3 Å². The molecule has 124 valence electrons. The highest BCUT2D eigenvalue weighted by Gasteiger charge is 2.16. The zero-order valence-corrected chi connectivity index (χ0v) is 14.3. The van der Waals surface area contributed by atoms with Gasteiger partial charge in [0.15, 0.2) is 0 Å². The van der Waals surface area contributed by atoms with E-state index >= 15 is 0 Å². The van der Waals surface area contributed by atoms with E-state index in [4.69, 9.17) is 9.47 Å². The van der Waals surface area contributed by atoms with Crippen LogP contribution in [0.15, 0.2) is 23.4 Å². The van der Waals surface area contributed by atoms with Gasteiger partial charge in [0, 0.05) is 12.6 Å². The van der Waals surface area contributed by atoms with E-state index in [9.17, 15) is 4.79 Å². The Hall–Kier alpha value is -2.29. The number of nitrogens with zero attached hydrogens (tertiary/aromatic N) is 4. The van der Waals surface area contributed by atoms with Crippen LogP contribution in [0.3, 0.4) is 0 Å². The molecule has 23 heavy (non-hydrogen) atoms. The van der Waals surface area contributed by atoms with Gasteiger partial charge in [-0.25, -0.2) is 4.68 Å². The monoisotopic (exact) mass is 337 g/mol. The summed E-state index contributed by atoms with van der Waals surface area (Å²) in [6.45, 7) is 1.89. The van der Waals surface area contributed by atoms with Crippen LogP contribution >= 0.6 is 11.8 Å². The number of aryl methyl sites for hydroxylation is 1. The van der Waals surface area contributed by atoms with Crippen molar-refractivity contribution in [1.29, 1.82) is 0 Å². The Labute approximate surface area is 138 Å². The van der Waals surface area contributed by atoms with Crippen molar-refractivity contribution in [2.45, 2.75) is 18.1 Å². The number of hydrogen-bond donors (Lipinski definition) is 1. The molecule has 0 aliphatic heterocycles. The van der Waals surface area contributed by atoms with Crippen LogP contribution in [0.4, 0.5) is 0 Å². The van der Waals surface area contributed by atoms with Gasteiger partial charge in [0.2, 0.25) is 11.1 Å². The molecule has 0 saturated carbocycles. The molecule has 0 saturated heterocycles. The summed E-state index contributed by atoms with van der Waals surface area (Å²) in [7, 11) is 4.92. The largest absolute Gasteiger partial charge is 0.497 e. The van der Waals surface area contributed by atoms with E-state index in [1.807, 2.05) is 25.1 Å². The third-order valence-electron chi connectivity index (χ3n) is 3.19. The highest BCUT2D eigenvalue weighted by molar-refractivity contribution is 7.99. The summed E-state index contributed by atoms with van der Waals surface area (Å²) < 4.78 is 12.1. The minimum atomic E-state index is -0.217. The average molecular weight is 337 g/mol. The molecule has 1 amide bonds. The molecule has 0 fully saturated rings. The predicted octanol–water partition coefficient (Wildman–Crippen LogP) is 1.20. The van der Waals surface area contributed by atoms with Crippen LogP contribution in [0, 0.1) is 0 Å². The summed E-state index contributed by atoms with van der Waals surface area (Å²) in [4.78, 5) is 12.1. The molecule has 0 aliphatic rings. The van der Waals surface area contributed by atoms with E-state index in [2.05, 4.69) is 20.8 Å². The van der Waals surface area contributed by atoms with Crippen LogP contribution in [0.25, 0.3) is 0 Å². The molecule has 1 aromatic heterocycles. The van der Waals surface area contributed by atoms with Crippen molar-refractivity contribution >= 4 is 17.7 Å². The smallest absolute Gasteiger partial charge is 0.230 e. The lowest BCUT2D eigenvalue weighted by Crippen LogP contribution is -2.28. The zero-order chi connectivity index (χ0) is 16.8. The first-order valence-electron chi connectivity index (χ1n) is 6.91. The van der Waals surface area contributed by atoms with Crippen LogP contribution in [0.5, 0.6) is 11.5 Å². The molecule has 0 radical (unpaired) electrons. The molecule has 1 unspecified atom stereocenters. The molecular weight excluding hydrogens is 318 g/mol. The Bertz CT molecular complexity index is 676. The van der Waals surface area contributed by atoms with Gasteiger partial charge < -0.3 is 14.8 Å². The van der Waals surface area contributed by atoms with Crippen LogP contribution in [0.2, 0.25) is 0 Å². The van der Waals surface area contributed by atoms with Gasteiger partial charge in [-0.3, -0.25) is 4.79 Å². The zero-order valence-electron chi connectivity index (χ0n) is 13.4. The van der Waals surface area contributed by atoms with Crippen molar-refractivity contribution in [3.8, 4) is 11.5 Å². The number of methoxy groups -OCH3 is 2. The lowest BCUT2D eigenvalue weighted by atomic mass is 10.1. The fraction of sp³-hybridized carbons (Fsp3) is 0.429. The van der Waals surface area contributed by atoms with Gasteiger partial charge in [0.25, 0.3) is 0 Å². The molecule has 1 aromatic carbocycles. The van der Waals surface area contributed by atoms with E-state index in [0.29, 0.717) is 16.7 Å². The third kappa shape index (κ3) is 4.35. The summed E-state index contributed by atoms with van der Waals surface area (Å²) in [5.41, 5.74) is 0.852. The number of tetrazole rings is 1. The number of carbonyl (C=O) groups is 1. The van der Waals surface area contributed by atoms with Crippen LogP contribution in [0.1, 0.15) is 18.5 Å². The molecule has 2 rings (SSSR count). The van der Waals surface area contributed by atoms with Gasteiger partial charge in [-0.2, -0.15) is 0 Å². The number of thioether (sulfide) groups is 1. The molecule has 1 heterocycles. The van der Waals surface area contributed by atoms with Crippen LogP contribution in [-0.2, 0) is 11.8 Å². The number of nitrogens with one attached hydrogen (secondary N) is 1. The minimum Gasteiger partial charge on any atom is -0.497 e. The van der Waals surface area contributed by atoms with E-state index in [-0.39, 0.29) is 17.7 Å². The fourth-order valence-corrected chi connectivity index (χ4v) is 2.67. The second kappa shape index (κ2) is 7.82. The number of ether oxygens (including phenoxy) is 2. The maximum absolute atomic E-state index is 12.1. The van der Waals surface area contributed by atoms with Crippen molar-refractivity contribution in [1.82, 2.24) is 25.5 Å². The molecule has 0 spiro atoms. The van der Waals surface area contributed by atoms with Crippen LogP contribution < -0.4 is 14.8 Å². The first kappa shape index (κ1) is 17.1. The quantitative estimate of drug-likeness (QED) is 0.759. The number of aromatic nitrogens is 4. The van der Waals surface area contributed by atoms with E-state index in [1.165, 1.54) is 16.4 Å². The second-order valence-electron chi connectivity index (χ2n) is 4.77. The summed E-state index contributed by atoms with van der Waals surface area (Å²) in [6, 6.07) is 5.26. The first-order chi connectivity index (χ1) is 11.0. The molecule has 8 nitrogen and oxygen atoms in total. The van der Waals surface area contributed by atoms with Crippen molar-refractivity contribution in [3.63, 3.8) is 0 Å². The Morgan fingerprint density at radius 1 is 1.39 bits per heavy atom. The van der Waals surface area contributed by atoms with Gasteiger partial charge in [0.1, 0.15) is 11.5 Å². The van der Waals surface area contributed by atoms with Gasteiger partial charge in [0.05, 0.1) is 26.0 Å². The first-order valence-corrected chi connectivity index (χ1v) is 7.90.